The fraction of sp³-hybridized carbons (Fsp3) is 0.529. The van der Waals surface area contributed by atoms with Crippen molar-refractivity contribution in [2.45, 2.75) is 25.4 Å². The van der Waals surface area contributed by atoms with Crippen molar-refractivity contribution in [3.8, 4) is 5.75 Å². The van der Waals surface area contributed by atoms with Crippen LogP contribution in [-0.2, 0) is 25.6 Å². The molecule has 25 heavy (non-hydrogen) atoms. The van der Waals surface area contributed by atoms with E-state index >= 15 is 0 Å². The van der Waals surface area contributed by atoms with E-state index in [1.807, 2.05) is 6.07 Å². The summed E-state index contributed by atoms with van der Waals surface area (Å²) in [7, 11) is 1.30. The second kappa shape index (κ2) is 10.9. The number of ether oxygens (including phenoxy) is 3. The van der Waals surface area contributed by atoms with Crippen LogP contribution in [0.5, 0.6) is 5.75 Å². The van der Waals surface area contributed by atoms with Crippen molar-refractivity contribution in [3.05, 3.63) is 29.8 Å². The molecular formula is C17H25ClN2O5. The zero-order chi connectivity index (χ0) is 17.4. The molecule has 140 valence electrons. The summed E-state index contributed by atoms with van der Waals surface area (Å²) >= 11 is 0. The highest BCUT2D eigenvalue weighted by Gasteiger charge is 2.26. The van der Waals surface area contributed by atoms with Crippen LogP contribution in [0.2, 0.25) is 0 Å². The van der Waals surface area contributed by atoms with Gasteiger partial charge in [0, 0.05) is 19.8 Å². The molecular weight excluding hydrogens is 348 g/mol. The van der Waals surface area contributed by atoms with Gasteiger partial charge in [0.05, 0.1) is 13.2 Å². The topological polar surface area (TPSA) is 99.9 Å². The molecule has 7 nitrogen and oxygen atoms in total. The average molecular weight is 373 g/mol. The Labute approximate surface area is 153 Å². The zero-order valence-electron chi connectivity index (χ0n) is 14.2. The predicted molar refractivity (Wildman–Crippen MR) is 94.6 cm³/mol. The van der Waals surface area contributed by atoms with E-state index in [1.54, 1.807) is 18.2 Å². The number of carbonyl (C=O) groups excluding carboxylic acids is 2. The van der Waals surface area contributed by atoms with Crippen molar-refractivity contribution in [3.63, 3.8) is 0 Å². The van der Waals surface area contributed by atoms with Gasteiger partial charge in [0.15, 0.2) is 6.61 Å². The lowest BCUT2D eigenvalue weighted by molar-refractivity contribution is -0.142. The van der Waals surface area contributed by atoms with Crippen molar-refractivity contribution in [2.75, 3.05) is 26.9 Å². The summed E-state index contributed by atoms with van der Waals surface area (Å²) in [4.78, 5) is 23.3. The summed E-state index contributed by atoms with van der Waals surface area (Å²) < 4.78 is 15.1. The molecule has 1 heterocycles. The molecule has 0 bridgehead atoms. The van der Waals surface area contributed by atoms with Crippen LogP contribution in [0.25, 0.3) is 0 Å². The molecule has 0 saturated carbocycles. The van der Waals surface area contributed by atoms with Gasteiger partial charge in [-0.3, -0.25) is 4.79 Å². The molecule has 0 radical (unpaired) electrons. The molecule has 1 aromatic carbocycles. The van der Waals surface area contributed by atoms with Crippen LogP contribution in [-0.4, -0.2) is 44.8 Å². The fourth-order valence-electron chi connectivity index (χ4n) is 2.54. The van der Waals surface area contributed by atoms with Gasteiger partial charge < -0.3 is 25.3 Å². The number of esters is 1. The van der Waals surface area contributed by atoms with Crippen LogP contribution in [0.15, 0.2) is 24.3 Å². The van der Waals surface area contributed by atoms with Gasteiger partial charge in [-0.15, -0.1) is 12.4 Å². The first kappa shape index (κ1) is 21.2. The molecule has 1 fully saturated rings. The first-order valence-electron chi connectivity index (χ1n) is 7.99. The van der Waals surface area contributed by atoms with Crippen molar-refractivity contribution in [1.82, 2.24) is 5.32 Å². The first-order chi connectivity index (χ1) is 11.6. The van der Waals surface area contributed by atoms with Gasteiger partial charge >= 0.3 is 5.97 Å². The third-order valence-electron chi connectivity index (χ3n) is 4.03. The Balaban J connectivity index is 0.00000312. The highest BCUT2D eigenvalue weighted by Crippen LogP contribution is 2.18. The third-order valence-corrected chi connectivity index (χ3v) is 4.03. The number of amides is 1. The molecule has 1 aliphatic heterocycles. The van der Waals surface area contributed by atoms with Gasteiger partial charge in [0.2, 0.25) is 5.91 Å². The fourth-order valence-corrected chi connectivity index (χ4v) is 2.54. The van der Waals surface area contributed by atoms with Crippen molar-refractivity contribution in [2.24, 2.45) is 11.7 Å². The van der Waals surface area contributed by atoms with Crippen molar-refractivity contribution >= 4 is 24.3 Å². The Hall–Kier alpha value is -1.83. The van der Waals surface area contributed by atoms with E-state index in [0.29, 0.717) is 25.5 Å². The minimum atomic E-state index is -0.521. The lowest BCUT2D eigenvalue weighted by Gasteiger charge is -2.26. The SMILES string of the molecule is COC(=O)COc1cccc(CNC(=O)C(N)C2CCOCC2)c1.Cl. The van der Waals surface area contributed by atoms with Crippen LogP contribution in [0, 0.1) is 5.92 Å². The van der Waals surface area contributed by atoms with Crippen LogP contribution < -0.4 is 15.8 Å². The number of halogens is 1. The molecule has 1 amide bonds. The second-order valence-electron chi connectivity index (χ2n) is 5.71. The maximum absolute atomic E-state index is 12.2. The van der Waals surface area contributed by atoms with E-state index in [2.05, 4.69) is 10.1 Å². The van der Waals surface area contributed by atoms with E-state index in [-0.39, 0.29) is 30.8 Å². The summed E-state index contributed by atoms with van der Waals surface area (Å²) in [6.07, 6.45) is 1.62. The minimum Gasteiger partial charge on any atom is -0.482 e. The zero-order valence-corrected chi connectivity index (χ0v) is 15.1. The molecule has 3 N–H and O–H groups in total. The molecule has 1 saturated heterocycles. The summed E-state index contributed by atoms with van der Waals surface area (Å²) in [6.45, 7) is 1.52. The van der Waals surface area contributed by atoms with Gasteiger partial charge in [-0.1, -0.05) is 12.1 Å². The van der Waals surface area contributed by atoms with E-state index < -0.39 is 12.0 Å². The number of rotatable bonds is 7. The molecule has 0 aromatic heterocycles. The number of hydrogen-bond acceptors (Lipinski definition) is 6. The number of methoxy groups -OCH3 is 1. The summed E-state index contributed by atoms with van der Waals surface area (Å²) in [6, 6.07) is 6.65. The number of nitrogens with two attached hydrogens (primary N) is 1. The Kier molecular flexibility index (Phi) is 9.26. The summed E-state index contributed by atoms with van der Waals surface area (Å²) in [5.74, 6) is 0.0910. The van der Waals surface area contributed by atoms with Crippen LogP contribution in [0.3, 0.4) is 0 Å². The molecule has 1 unspecified atom stereocenters. The van der Waals surface area contributed by atoms with Gasteiger partial charge in [0.25, 0.3) is 0 Å². The highest BCUT2D eigenvalue weighted by atomic mass is 35.5. The molecule has 8 heteroatoms. The minimum absolute atomic E-state index is 0. The maximum Gasteiger partial charge on any atom is 0.343 e. The smallest absolute Gasteiger partial charge is 0.343 e. The Morgan fingerprint density at radius 3 is 2.76 bits per heavy atom. The lowest BCUT2D eigenvalue weighted by atomic mass is 9.92. The number of nitrogens with one attached hydrogen (secondary N) is 1. The monoisotopic (exact) mass is 372 g/mol. The lowest BCUT2D eigenvalue weighted by Crippen LogP contribution is -2.46. The molecule has 0 spiro atoms. The average Bonchev–Trinajstić information content (AvgIpc) is 2.64. The Morgan fingerprint density at radius 1 is 1.36 bits per heavy atom. The largest absolute Gasteiger partial charge is 0.482 e. The van der Waals surface area contributed by atoms with Gasteiger partial charge in [-0.05, 0) is 36.5 Å². The quantitative estimate of drug-likeness (QED) is 0.693. The summed E-state index contributed by atoms with van der Waals surface area (Å²) in [5, 5.41) is 2.85. The van der Waals surface area contributed by atoms with E-state index in [0.717, 1.165) is 18.4 Å². The Bertz CT molecular complexity index is 564. The van der Waals surface area contributed by atoms with E-state index in [1.165, 1.54) is 7.11 Å². The second-order valence-corrected chi connectivity index (χ2v) is 5.71. The first-order valence-corrected chi connectivity index (χ1v) is 7.99. The Morgan fingerprint density at radius 2 is 2.08 bits per heavy atom. The standard InChI is InChI=1S/C17H24N2O5.ClH/c1-22-15(20)11-24-14-4-2-3-12(9-14)10-19-17(21)16(18)13-5-7-23-8-6-13;/h2-4,9,13,16H,5-8,10-11,18H2,1H3,(H,19,21);1H. The normalized spacial score (nSPS) is 15.6. The number of hydrogen-bond donors (Lipinski definition) is 2. The molecule has 1 aliphatic rings. The number of carbonyl (C=O) groups is 2. The molecule has 0 aliphatic carbocycles. The molecule has 2 rings (SSSR count). The third kappa shape index (κ3) is 6.89. The number of benzene rings is 1. The predicted octanol–water partition coefficient (Wildman–Crippen LogP) is 1.03. The van der Waals surface area contributed by atoms with Gasteiger partial charge in [-0.25, -0.2) is 4.79 Å². The molecule has 1 aromatic rings. The van der Waals surface area contributed by atoms with Gasteiger partial charge in [0.1, 0.15) is 5.75 Å². The summed E-state index contributed by atoms with van der Waals surface area (Å²) in [5.41, 5.74) is 6.90. The molecule has 1 atom stereocenters. The van der Waals surface area contributed by atoms with Crippen LogP contribution >= 0.6 is 12.4 Å². The van der Waals surface area contributed by atoms with Crippen molar-refractivity contribution < 1.29 is 23.8 Å². The highest BCUT2D eigenvalue weighted by molar-refractivity contribution is 5.85. The van der Waals surface area contributed by atoms with Crippen molar-refractivity contribution in [1.29, 1.82) is 0 Å². The van der Waals surface area contributed by atoms with Crippen LogP contribution in [0.1, 0.15) is 18.4 Å². The van der Waals surface area contributed by atoms with E-state index in [4.69, 9.17) is 15.2 Å². The van der Waals surface area contributed by atoms with E-state index in [9.17, 15) is 9.59 Å². The van der Waals surface area contributed by atoms with Crippen LogP contribution in [0.4, 0.5) is 0 Å². The van der Waals surface area contributed by atoms with Gasteiger partial charge in [-0.2, -0.15) is 0 Å². The maximum atomic E-state index is 12.2.